The molecule has 0 atom stereocenters. The largest absolute Gasteiger partial charge is 0.492 e. The van der Waals surface area contributed by atoms with Gasteiger partial charge in [-0.25, -0.2) is 4.79 Å². The fourth-order valence-electron chi connectivity index (χ4n) is 1.87. The normalized spacial score (nSPS) is 10.3. The van der Waals surface area contributed by atoms with Gasteiger partial charge in [-0.2, -0.15) is 0 Å². The molecule has 3 amide bonds. The topological polar surface area (TPSA) is 84.7 Å². The van der Waals surface area contributed by atoms with Gasteiger partial charge in [0.15, 0.2) is 0 Å². The maximum Gasteiger partial charge on any atom is 0.321 e. The Morgan fingerprint density at radius 1 is 1.27 bits per heavy atom. The number of nitrogens with one attached hydrogen (secondary N) is 1. The van der Waals surface area contributed by atoms with E-state index in [1.54, 1.807) is 19.5 Å². The Balaban J connectivity index is 2.62. The van der Waals surface area contributed by atoms with Crippen LogP contribution in [0.2, 0.25) is 0 Å². The van der Waals surface area contributed by atoms with E-state index in [-0.39, 0.29) is 11.6 Å². The van der Waals surface area contributed by atoms with E-state index >= 15 is 0 Å². The molecule has 22 heavy (non-hydrogen) atoms. The van der Waals surface area contributed by atoms with Gasteiger partial charge < -0.3 is 15.4 Å². The lowest BCUT2D eigenvalue weighted by Gasteiger charge is -2.12. The second kappa shape index (κ2) is 9.30. The summed E-state index contributed by atoms with van der Waals surface area (Å²) in [4.78, 5) is 24.7. The third-order valence-electron chi connectivity index (χ3n) is 3.14. The summed E-state index contributed by atoms with van der Waals surface area (Å²) in [6.07, 6.45) is 5.66. The van der Waals surface area contributed by atoms with Crippen molar-refractivity contribution in [3.8, 4) is 5.75 Å². The first-order chi connectivity index (χ1) is 10.5. The molecule has 1 aromatic heterocycles. The lowest BCUT2D eigenvalue weighted by molar-refractivity contribution is 0.0997. The number of amides is 3. The average Bonchev–Trinajstić information content (AvgIpc) is 2.85. The van der Waals surface area contributed by atoms with Gasteiger partial charge in [-0.1, -0.05) is 32.6 Å². The zero-order valence-electron chi connectivity index (χ0n) is 13.5. The molecule has 1 rings (SSSR count). The van der Waals surface area contributed by atoms with Gasteiger partial charge in [-0.3, -0.25) is 10.1 Å². The first-order valence-corrected chi connectivity index (χ1v) is 8.37. The number of nitrogens with two attached hydrogens (primary N) is 1. The number of hydrogen-bond donors (Lipinski definition) is 2. The van der Waals surface area contributed by atoms with Crippen molar-refractivity contribution in [3.63, 3.8) is 0 Å². The van der Waals surface area contributed by atoms with Crippen molar-refractivity contribution >= 4 is 28.3 Å². The monoisotopic (exact) mass is 327 g/mol. The molecule has 0 aliphatic rings. The molecule has 0 aliphatic carbocycles. The minimum atomic E-state index is -0.601. The van der Waals surface area contributed by atoms with E-state index in [1.807, 2.05) is 0 Å². The summed E-state index contributed by atoms with van der Waals surface area (Å²) < 4.78 is 5.65. The van der Waals surface area contributed by atoms with Crippen molar-refractivity contribution in [3.05, 3.63) is 10.9 Å². The molecule has 1 heterocycles. The lowest BCUT2D eigenvalue weighted by Crippen LogP contribution is -2.28. The van der Waals surface area contributed by atoms with E-state index in [9.17, 15) is 9.59 Å². The Labute approximate surface area is 135 Å². The fourth-order valence-corrected chi connectivity index (χ4v) is 2.75. The first kappa shape index (κ1) is 18.3. The van der Waals surface area contributed by atoms with Crippen LogP contribution in [0.3, 0.4) is 0 Å². The molecule has 1 aromatic rings. The minimum Gasteiger partial charge on any atom is -0.492 e. The number of ether oxygens (including phenoxy) is 1. The summed E-state index contributed by atoms with van der Waals surface area (Å²) in [5, 5.41) is 4.78. The van der Waals surface area contributed by atoms with Gasteiger partial charge in [-0.15, -0.1) is 11.3 Å². The smallest absolute Gasteiger partial charge is 0.321 e. The number of primary amides is 1. The van der Waals surface area contributed by atoms with E-state index in [1.165, 1.54) is 35.5 Å². The summed E-state index contributed by atoms with van der Waals surface area (Å²) in [5.41, 5.74) is 5.65. The van der Waals surface area contributed by atoms with Crippen LogP contribution < -0.4 is 15.8 Å². The molecular formula is C15H25N3O3S. The number of carbonyl (C=O) groups is 2. The standard InChI is InChI=1S/C15H25N3O3S/c1-4-5-6-7-8-9-21-11-10-22-14(12(11)13(16)19)17-15(20)18(2)3/h10H,4-9H2,1-3H3,(H2,16,19)(H,17,20). The van der Waals surface area contributed by atoms with Crippen molar-refractivity contribution < 1.29 is 14.3 Å². The van der Waals surface area contributed by atoms with Crippen LogP contribution in [0.25, 0.3) is 0 Å². The first-order valence-electron chi connectivity index (χ1n) is 7.49. The molecule has 0 spiro atoms. The number of unbranched alkanes of at least 4 members (excludes halogenated alkanes) is 4. The van der Waals surface area contributed by atoms with Gasteiger partial charge in [0.2, 0.25) is 0 Å². The van der Waals surface area contributed by atoms with Gasteiger partial charge in [0.05, 0.1) is 6.61 Å². The summed E-state index contributed by atoms with van der Waals surface area (Å²) in [7, 11) is 3.25. The highest BCUT2D eigenvalue weighted by atomic mass is 32.1. The molecule has 7 heteroatoms. The Kier molecular flexibility index (Phi) is 7.73. The number of anilines is 1. The average molecular weight is 327 g/mol. The van der Waals surface area contributed by atoms with Crippen molar-refractivity contribution in [1.82, 2.24) is 4.90 Å². The van der Waals surface area contributed by atoms with E-state index < -0.39 is 5.91 Å². The highest BCUT2D eigenvalue weighted by Gasteiger charge is 2.20. The number of nitrogens with zero attached hydrogens (tertiary/aromatic N) is 1. The van der Waals surface area contributed by atoms with Crippen LogP contribution in [-0.2, 0) is 0 Å². The van der Waals surface area contributed by atoms with Crippen LogP contribution in [0.15, 0.2) is 5.38 Å². The van der Waals surface area contributed by atoms with Crippen molar-refractivity contribution in [1.29, 1.82) is 0 Å². The van der Waals surface area contributed by atoms with Gasteiger partial charge in [0, 0.05) is 19.5 Å². The third kappa shape index (κ3) is 5.55. The highest BCUT2D eigenvalue weighted by Crippen LogP contribution is 2.34. The molecule has 0 unspecified atom stereocenters. The molecule has 0 saturated carbocycles. The van der Waals surface area contributed by atoms with Gasteiger partial charge in [0.25, 0.3) is 5.91 Å². The van der Waals surface area contributed by atoms with Gasteiger partial charge in [-0.05, 0) is 6.42 Å². The van der Waals surface area contributed by atoms with Crippen LogP contribution in [0.5, 0.6) is 5.75 Å². The van der Waals surface area contributed by atoms with Crippen molar-refractivity contribution in [2.24, 2.45) is 5.73 Å². The number of hydrogen-bond acceptors (Lipinski definition) is 4. The van der Waals surface area contributed by atoms with E-state index in [0.29, 0.717) is 17.4 Å². The van der Waals surface area contributed by atoms with E-state index in [0.717, 1.165) is 12.8 Å². The fraction of sp³-hybridized carbons (Fsp3) is 0.600. The molecule has 0 radical (unpaired) electrons. The molecule has 0 bridgehead atoms. The summed E-state index contributed by atoms with van der Waals surface area (Å²) in [5.74, 6) is -0.154. The quantitative estimate of drug-likeness (QED) is 0.683. The summed E-state index contributed by atoms with van der Waals surface area (Å²) in [6.45, 7) is 2.71. The van der Waals surface area contributed by atoms with Crippen LogP contribution in [0, 0.1) is 0 Å². The highest BCUT2D eigenvalue weighted by molar-refractivity contribution is 7.15. The van der Waals surface area contributed by atoms with Crippen molar-refractivity contribution in [2.75, 3.05) is 26.0 Å². The van der Waals surface area contributed by atoms with E-state index in [2.05, 4.69) is 12.2 Å². The number of urea groups is 1. The Morgan fingerprint density at radius 3 is 2.55 bits per heavy atom. The predicted molar refractivity (Wildman–Crippen MR) is 89.8 cm³/mol. The van der Waals surface area contributed by atoms with Crippen LogP contribution in [0.4, 0.5) is 9.80 Å². The third-order valence-corrected chi connectivity index (χ3v) is 4.01. The number of rotatable bonds is 9. The molecule has 3 N–H and O–H groups in total. The zero-order valence-corrected chi connectivity index (χ0v) is 14.3. The molecule has 0 aliphatic heterocycles. The molecular weight excluding hydrogens is 302 g/mol. The van der Waals surface area contributed by atoms with Crippen LogP contribution in [-0.4, -0.2) is 37.5 Å². The van der Waals surface area contributed by atoms with Gasteiger partial charge >= 0.3 is 6.03 Å². The predicted octanol–water partition coefficient (Wildman–Crippen LogP) is 3.29. The number of thiophene rings is 1. The molecule has 0 aromatic carbocycles. The summed E-state index contributed by atoms with van der Waals surface area (Å²) >= 11 is 1.24. The maximum atomic E-state index is 11.7. The molecule has 0 fully saturated rings. The second-order valence-electron chi connectivity index (χ2n) is 5.26. The second-order valence-corrected chi connectivity index (χ2v) is 6.14. The van der Waals surface area contributed by atoms with Gasteiger partial charge in [0.1, 0.15) is 16.3 Å². The minimum absolute atomic E-state index is 0.244. The van der Waals surface area contributed by atoms with Crippen molar-refractivity contribution in [2.45, 2.75) is 39.0 Å². The maximum absolute atomic E-state index is 11.7. The lowest BCUT2D eigenvalue weighted by atomic mass is 10.2. The molecule has 0 saturated heterocycles. The Morgan fingerprint density at radius 2 is 1.95 bits per heavy atom. The Bertz CT molecular complexity index is 500. The number of carbonyl (C=O) groups excluding carboxylic acids is 2. The van der Waals surface area contributed by atoms with Crippen LogP contribution >= 0.6 is 11.3 Å². The van der Waals surface area contributed by atoms with Crippen LogP contribution in [0.1, 0.15) is 49.4 Å². The molecule has 124 valence electrons. The van der Waals surface area contributed by atoms with E-state index in [4.69, 9.17) is 10.5 Å². The zero-order chi connectivity index (χ0) is 16.5. The summed E-state index contributed by atoms with van der Waals surface area (Å²) in [6, 6.07) is -0.310. The Hall–Kier alpha value is -1.76. The molecule has 6 nitrogen and oxygen atoms in total. The SMILES string of the molecule is CCCCCCCOc1csc(NC(=O)N(C)C)c1C(N)=O.